The molecule has 2 aromatic heterocycles. The van der Waals surface area contributed by atoms with Crippen molar-refractivity contribution in [3.63, 3.8) is 0 Å². The Kier molecular flexibility index (Phi) is 8.61. The van der Waals surface area contributed by atoms with Gasteiger partial charge in [0.25, 0.3) is 5.91 Å². The summed E-state index contributed by atoms with van der Waals surface area (Å²) in [5.74, 6) is 1.91. The Hall–Kier alpha value is -3.96. The number of nitrogens with one attached hydrogen (secondary N) is 2. The Morgan fingerprint density at radius 2 is 2.05 bits per heavy atom. The summed E-state index contributed by atoms with van der Waals surface area (Å²) in [7, 11) is 0. The lowest BCUT2D eigenvalue weighted by molar-refractivity contribution is -0.138. The van der Waals surface area contributed by atoms with E-state index in [2.05, 4.69) is 37.6 Å². The molecule has 5 rings (SSSR count). The minimum atomic E-state index is -0.700. The Bertz CT molecular complexity index is 1310. The molecule has 40 heavy (non-hydrogen) atoms. The molecule has 0 bridgehead atoms. The van der Waals surface area contributed by atoms with Gasteiger partial charge in [0.1, 0.15) is 18.2 Å². The smallest absolute Gasteiger partial charge is 0.251 e. The third-order valence-corrected chi connectivity index (χ3v) is 7.16. The van der Waals surface area contributed by atoms with Gasteiger partial charge in [0.15, 0.2) is 12.2 Å². The number of anilines is 1. The molecule has 11 nitrogen and oxygen atoms in total. The number of hydrogen-bond acceptors (Lipinski definition) is 9. The molecule has 0 aliphatic carbocycles. The summed E-state index contributed by atoms with van der Waals surface area (Å²) in [6, 6.07) is 9.52. The van der Waals surface area contributed by atoms with Gasteiger partial charge in [0, 0.05) is 56.9 Å². The van der Waals surface area contributed by atoms with Crippen molar-refractivity contribution >= 4 is 17.6 Å². The van der Waals surface area contributed by atoms with Crippen molar-refractivity contribution in [2.75, 3.05) is 38.0 Å². The van der Waals surface area contributed by atoms with E-state index in [4.69, 9.17) is 9.15 Å². The van der Waals surface area contributed by atoms with Crippen LogP contribution in [0.4, 0.5) is 5.82 Å². The lowest BCUT2D eigenvalue weighted by Crippen LogP contribution is -2.58. The van der Waals surface area contributed by atoms with Crippen molar-refractivity contribution in [1.29, 1.82) is 0 Å². The number of hydrogen-bond donors (Lipinski definition) is 3. The first-order valence-corrected chi connectivity index (χ1v) is 13.7. The predicted octanol–water partition coefficient (Wildman–Crippen LogP) is 2.08. The van der Waals surface area contributed by atoms with E-state index in [0.717, 1.165) is 25.3 Å². The molecular formula is C29H36N6O5. The van der Waals surface area contributed by atoms with E-state index >= 15 is 0 Å². The monoisotopic (exact) mass is 548 g/mol. The normalized spacial score (nSPS) is 16.2. The van der Waals surface area contributed by atoms with Crippen molar-refractivity contribution in [1.82, 2.24) is 25.1 Å². The van der Waals surface area contributed by atoms with Crippen LogP contribution in [0.15, 0.2) is 53.5 Å². The molecule has 1 fully saturated rings. The maximum atomic E-state index is 12.7. The van der Waals surface area contributed by atoms with E-state index in [0.29, 0.717) is 43.4 Å². The van der Waals surface area contributed by atoms with E-state index in [1.807, 2.05) is 24.8 Å². The summed E-state index contributed by atoms with van der Waals surface area (Å²) in [5, 5.41) is 16.7. The lowest BCUT2D eigenvalue weighted by Gasteiger charge is -2.40. The van der Waals surface area contributed by atoms with Gasteiger partial charge in [-0.25, -0.2) is 9.97 Å². The average molecular weight is 549 g/mol. The summed E-state index contributed by atoms with van der Waals surface area (Å²) in [6.07, 6.45) is 4.76. The zero-order chi connectivity index (χ0) is 28.1. The number of fused-ring (bicyclic) bond motifs is 1. The molecular weight excluding hydrogens is 512 g/mol. The molecule has 1 aromatic carbocycles. The third-order valence-electron chi connectivity index (χ3n) is 7.16. The van der Waals surface area contributed by atoms with Crippen LogP contribution in [0.1, 0.15) is 41.1 Å². The fourth-order valence-corrected chi connectivity index (χ4v) is 4.95. The molecule has 1 unspecified atom stereocenters. The van der Waals surface area contributed by atoms with Crippen molar-refractivity contribution in [3.8, 4) is 5.75 Å². The number of benzene rings is 1. The highest BCUT2D eigenvalue weighted by Crippen LogP contribution is 2.25. The molecule has 2 aliphatic heterocycles. The third kappa shape index (κ3) is 6.97. The number of aliphatic hydroxyl groups is 1. The molecule has 4 heterocycles. The van der Waals surface area contributed by atoms with E-state index in [9.17, 15) is 14.7 Å². The maximum Gasteiger partial charge on any atom is 0.251 e. The Morgan fingerprint density at radius 1 is 1.20 bits per heavy atom. The molecule has 0 saturated carbocycles. The Morgan fingerprint density at radius 3 is 2.83 bits per heavy atom. The standard InChI is InChI=1S/C29H36N6O5/c1-19(2)29(38)35-14-23(15-35)33-27-10-21(5-7-31-27)28(37)32-11-24(36)16-34-8-6-20-9-25(4-3-22(20)13-34)39-17-26-12-30-18-40-26/h3-5,7,9-10,12,18-19,23-24,36H,6,8,11,13-17H2,1-2H3,(H,31,33)(H,32,37). The number of nitrogens with zero attached hydrogens (tertiary/aromatic N) is 4. The van der Waals surface area contributed by atoms with Gasteiger partial charge in [-0.15, -0.1) is 0 Å². The molecule has 1 saturated heterocycles. The van der Waals surface area contributed by atoms with E-state index in [-0.39, 0.29) is 30.3 Å². The number of ether oxygens (including phenoxy) is 1. The molecule has 2 amide bonds. The first kappa shape index (κ1) is 27.6. The molecule has 11 heteroatoms. The first-order valence-electron chi connectivity index (χ1n) is 13.7. The number of carbonyl (C=O) groups excluding carboxylic acids is 2. The SMILES string of the molecule is CC(C)C(=O)N1CC(Nc2cc(C(=O)NCC(O)CN3CCc4cc(OCc5cnco5)ccc4C3)ccn2)C1. The van der Waals surface area contributed by atoms with Gasteiger partial charge < -0.3 is 29.8 Å². The number of aliphatic hydroxyl groups excluding tert-OH is 1. The van der Waals surface area contributed by atoms with Gasteiger partial charge in [-0.3, -0.25) is 14.5 Å². The zero-order valence-electron chi connectivity index (χ0n) is 22.9. The topological polar surface area (TPSA) is 133 Å². The minimum absolute atomic E-state index is 0.0163. The number of likely N-dealkylation sites (tertiary alicyclic amines) is 1. The molecule has 3 aromatic rings. The second-order valence-electron chi connectivity index (χ2n) is 10.7. The van der Waals surface area contributed by atoms with Crippen LogP contribution in [0, 0.1) is 5.92 Å². The fraction of sp³-hybridized carbons (Fsp3) is 0.448. The summed E-state index contributed by atoms with van der Waals surface area (Å²) in [6.45, 7) is 7.51. The second-order valence-corrected chi connectivity index (χ2v) is 10.7. The van der Waals surface area contributed by atoms with E-state index in [1.54, 1.807) is 24.5 Å². The van der Waals surface area contributed by atoms with Gasteiger partial charge in [0.2, 0.25) is 5.91 Å². The second kappa shape index (κ2) is 12.5. The van der Waals surface area contributed by atoms with Crippen LogP contribution in [-0.4, -0.2) is 81.6 Å². The molecule has 212 valence electrons. The largest absolute Gasteiger partial charge is 0.486 e. The molecule has 0 spiro atoms. The van der Waals surface area contributed by atoms with Crippen LogP contribution in [0.25, 0.3) is 0 Å². The van der Waals surface area contributed by atoms with Crippen LogP contribution in [0.2, 0.25) is 0 Å². The van der Waals surface area contributed by atoms with Crippen molar-refractivity contribution < 1.29 is 23.8 Å². The average Bonchev–Trinajstić information content (AvgIpc) is 3.46. The Labute approximate surface area is 233 Å². The highest BCUT2D eigenvalue weighted by molar-refractivity contribution is 5.94. The van der Waals surface area contributed by atoms with Crippen LogP contribution in [0.3, 0.4) is 0 Å². The summed E-state index contributed by atoms with van der Waals surface area (Å²) in [4.78, 5) is 37.0. The lowest BCUT2D eigenvalue weighted by atomic mass is 9.99. The highest BCUT2D eigenvalue weighted by atomic mass is 16.5. The van der Waals surface area contributed by atoms with Crippen molar-refractivity contribution in [2.24, 2.45) is 5.92 Å². The fourth-order valence-electron chi connectivity index (χ4n) is 4.95. The number of aromatic nitrogens is 2. The number of amides is 2. The van der Waals surface area contributed by atoms with Gasteiger partial charge >= 0.3 is 0 Å². The molecule has 2 aliphatic rings. The predicted molar refractivity (Wildman–Crippen MR) is 148 cm³/mol. The maximum absolute atomic E-state index is 12.7. The van der Waals surface area contributed by atoms with Crippen LogP contribution in [0.5, 0.6) is 5.75 Å². The van der Waals surface area contributed by atoms with Crippen molar-refractivity contribution in [3.05, 3.63) is 71.6 Å². The zero-order valence-corrected chi connectivity index (χ0v) is 22.9. The first-order chi connectivity index (χ1) is 19.3. The number of β-amino-alcohol motifs (C(OH)–C–C–N with tert-alkyl or cyclic N) is 1. The summed E-state index contributed by atoms with van der Waals surface area (Å²) < 4.78 is 11.0. The Balaban J connectivity index is 1.04. The summed E-state index contributed by atoms with van der Waals surface area (Å²) in [5.41, 5.74) is 2.90. The van der Waals surface area contributed by atoms with Crippen LogP contribution in [-0.2, 0) is 24.4 Å². The van der Waals surface area contributed by atoms with Gasteiger partial charge in [0.05, 0.1) is 18.3 Å². The van der Waals surface area contributed by atoms with E-state index < -0.39 is 6.10 Å². The quantitative estimate of drug-likeness (QED) is 0.329. The van der Waals surface area contributed by atoms with Gasteiger partial charge in [-0.1, -0.05) is 19.9 Å². The number of carbonyl (C=O) groups is 2. The number of oxazole rings is 1. The van der Waals surface area contributed by atoms with Gasteiger partial charge in [-0.2, -0.15) is 0 Å². The number of rotatable bonds is 11. The molecule has 3 N–H and O–H groups in total. The van der Waals surface area contributed by atoms with E-state index in [1.165, 1.54) is 17.5 Å². The number of pyridine rings is 1. The van der Waals surface area contributed by atoms with Gasteiger partial charge in [-0.05, 0) is 41.8 Å². The minimum Gasteiger partial charge on any atom is -0.486 e. The van der Waals surface area contributed by atoms with Crippen LogP contribution >= 0.6 is 0 Å². The van der Waals surface area contributed by atoms with Crippen molar-refractivity contribution in [2.45, 2.75) is 45.6 Å². The highest BCUT2D eigenvalue weighted by Gasteiger charge is 2.31. The molecule has 0 radical (unpaired) electrons. The van der Waals surface area contributed by atoms with Crippen LogP contribution < -0.4 is 15.4 Å². The summed E-state index contributed by atoms with van der Waals surface area (Å²) >= 11 is 0. The molecule has 1 atom stereocenters.